The lowest BCUT2D eigenvalue weighted by Gasteiger charge is -2.10. The van der Waals surface area contributed by atoms with Crippen LogP contribution in [0.3, 0.4) is 0 Å². The highest BCUT2D eigenvalue weighted by Gasteiger charge is 2.14. The van der Waals surface area contributed by atoms with E-state index in [1.807, 2.05) is 30.3 Å². The molecule has 5 heteroatoms. The minimum Gasteiger partial charge on any atom is -0.496 e. The molecule has 0 bridgehead atoms. The summed E-state index contributed by atoms with van der Waals surface area (Å²) in [6.07, 6.45) is 0. The van der Waals surface area contributed by atoms with Gasteiger partial charge in [-0.15, -0.1) is 22.9 Å². The maximum absolute atomic E-state index is 6.40. The first-order valence-corrected chi connectivity index (χ1v) is 7.27. The van der Waals surface area contributed by atoms with Gasteiger partial charge in [0.25, 0.3) is 0 Å². The fourth-order valence-electron chi connectivity index (χ4n) is 1.47. The number of rotatable bonds is 3. The molecule has 90 valence electrons. The highest BCUT2D eigenvalue weighted by Crippen LogP contribution is 2.37. The Morgan fingerprint density at radius 2 is 2.06 bits per heavy atom. The van der Waals surface area contributed by atoms with Crippen LogP contribution in [-0.4, -0.2) is 7.11 Å². The van der Waals surface area contributed by atoms with Crippen molar-refractivity contribution in [2.45, 2.75) is 5.38 Å². The molecule has 2 aromatic rings. The molecule has 0 radical (unpaired) electrons. The Morgan fingerprint density at radius 1 is 1.29 bits per heavy atom. The number of alkyl halides is 1. The van der Waals surface area contributed by atoms with E-state index < -0.39 is 0 Å². The molecular weight excluding hydrogens is 343 g/mol. The van der Waals surface area contributed by atoms with Crippen LogP contribution >= 0.6 is 50.5 Å². The Morgan fingerprint density at radius 3 is 2.59 bits per heavy atom. The van der Waals surface area contributed by atoms with Crippen LogP contribution in [0.1, 0.15) is 15.8 Å². The molecule has 0 saturated carbocycles. The summed E-state index contributed by atoms with van der Waals surface area (Å²) in [4.78, 5) is 1.04. The molecule has 1 aromatic heterocycles. The van der Waals surface area contributed by atoms with Crippen molar-refractivity contribution in [1.29, 1.82) is 0 Å². The van der Waals surface area contributed by atoms with Gasteiger partial charge in [0.15, 0.2) is 0 Å². The molecule has 1 aromatic carbocycles. The van der Waals surface area contributed by atoms with Gasteiger partial charge in [-0.25, -0.2) is 0 Å². The first-order chi connectivity index (χ1) is 8.11. The lowest BCUT2D eigenvalue weighted by molar-refractivity contribution is 0.412. The molecule has 0 aliphatic rings. The fraction of sp³-hybridized carbons (Fsp3) is 0.167. The van der Waals surface area contributed by atoms with Crippen LogP contribution in [0.15, 0.2) is 34.8 Å². The number of thiophene rings is 1. The molecule has 0 fully saturated rings. The van der Waals surface area contributed by atoms with Crippen LogP contribution in [0.5, 0.6) is 5.75 Å². The van der Waals surface area contributed by atoms with Gasteiger partial charge in [0.1, 0.15) is 5.75 Å². The van der Waals surface area contributed by atoms with E-state index in [2.05, 4.69) is 15.9 Å². The van der Waals surface area contributed by atoms with Crippen LogP contribution in [0, 0.1) is 0 Å². The summed E-state index contributed by atoms with van der Waals surface area (Å²) in [7, 11) is 1.64. The lowest BCUT2D eigenvalue weighted by atomic mass is 10.1. The average Bonchev–Trinajstić information content (AvgIpc) is 2.75. The summed E-state index contributed by atoms with van der Waals surface area (Å²) < 4.78 is 6.82. The molecule has 0 saturated heterocycles. The van der Waals surface area contributed by atoms with Crippen molar-refractivity contribution in [3.05, 3.63) is 49.6 Å². The summed E-state index contributed by atoms with van der Waals surface area (Å²) in [6, 6.07) is 9.61. The maximum Gasteiger partial charge on any atom is 0.133 e. The molecule has 1 heterocycles. The molecule has 2 rings (SSSR count). The fourth-order valence-corrected chi connectivity index (χ4v) is 3.44. The second-order valence-electron chi connectivity index (χ2n) is 3.40. The van der Waals surface area contributed by atoms with Crippen molar-refractivity contribution in [1.82, 2.24) is 0 Å². The predicted molar refractivity (Wildman–Crippen MR) is 77.7 cm³/mol. The zero-order valence-electron chi connectivity index (χ0n) is 8.91. The number of benzene rings is 1. The highest BCUT2D eigenvalue weighted by atomic mass is 79.9. The van der Waals surface area contributed by atoms with Crippen molar-refractivity contribution < 1.29 is 4.74 Å². The van der Waals surface area contributed by atoms with Crippen LogP contribution in [-0.2, 0) is 0 Å². The van der Waals surface area contributed by atoms with Crippen molar-refractivity contribution in [3.8, 4) is 5.75 Å². The molecule has 1 unspecified atom stereocenters. The average molecular weight is 352 g/mol. The minimum atomic E-state index is -0.185. The van der Waals surface area contributed by atoms with Gasteiger partial charge in [0.2, 0.25) is 0 Å². The third-order valence-electron chi connectivity index (χ3n) is 2.31. The summed E-state index contributed by atoms with van der Waals surface area (Å²) in [5, 5.41) is -0.185. The normalized spacial score (nSPS) is 12.5. The summed E-state index contributed by atoms with van der Waals surface area (Å²) in [6.45, 7) is 0. The van der Waals surface area contributed by atoms with Crippen molar-refractivity contribution >= 4 is 50.5 Å². The van der Waals surface area contributed by atoms with E-state index in [9.17, 15) is 0 Å². The van der Waals surface area contributed by atoms with Gasteiger partial charge < -0.3 is 4.74 Å². The molecule has 0 aliphatic carbocycles. The molecular formula is C12H9BrCl2OS. The second-order valence-corrected chi connectivity index (χ2v) is 6.44. The van der Waals surface area contributed by atoms with E-state index in [0.29, 0.717) is 0 Å². The molecule has 17 heavy (non-hydrogen) atoms. The third kappa shape index (κ3) is 2.97. The van der Waals surface area contributed by atoms with E-state index in [-0.39, 0.29) is 5.38 Å². The van der Waals surface area contributed by atoms with Gasteiger partial charge in [-0.1, -0.05) is 17.7 Å². The van der Waals surface area contributed by atoms with Gasteiger partial charge in [0.05, 0.1) is 21.3 Å². The van der Waals surface area contributed by atoms with Gasteiger partial charge in [0, 0.05) is 4.88 Å². The Labute approximate surface area is 122 Å². The topological polar surface area (TPSA) is 9.23 Å². The standard InChI is InChI=1S/C12H9BrCl2OS/c1-16-9-3-2-7(6-8(9)13)12(15)10-4-5-11(14)17-10/h2-6,12H,1H3. The predicted octanol–water partition coefficient (Wildman–Crippen LogP) is 5.50. The smallest absolute Gasteiger partial charge is 0.133 e. The number of methoxy groups -OCH3 is 1. The van der Waals surface area contributed by atoms with Gasteiger partial charge >= 0.3 is 0 Å². The molecule has 1 nitrogen and oxygen atoms in total. The quantitative estimate of drug-likeness (QED) is 0.663. The lowest BCUT2D eigenvalue weighted by Crippen LogP contribution is -1.92. The zero-order valence-corrected chi connectivity index (χ0v) is 12.8. The first kappa shape index (κ1) is 13.2. The maximum atomic E-state index is 6.40. The highest BCUT2D eigenvalue weighted by molar-refractivity contribution is 9.10. The van der Waals surface area contributed by atoms with Crippen LogP contribution in [0.2, 0.25) is 4.34 Å². The van der Waals surface area contributed by atoms with E-state index in [1.54, 1.807) is 7.11 Å². The van der Waals surface area contributed by atoms with Crippen molar-refractivity contribution in [2.24, 2.45) is 0 Å². The Kier molecular flexibility index (Phi) is 4.36. The summed E-state index contributed by atoms with van der Waals surface area (Å²) >= 11 is 17.2. The Hall–Kier alpha value is -0.220. The third-order valence-corrected chi connectivity index (χ3v) is 4.84. The SMILES string of the molecule is COc1ccc(C(Cl)c2ccc(Cl)s2)cc1Br. The van der Waals surface area contributed by atoms with Crippen LogP contribution < -0.4 is 4.74 Å². The van der Waals surface area contributed by atoms with Crippen molar-refractivity contribution in [2.75, 3.05) is 7.11 Å². The van der Waals surface area contributed by atoms with Gasteiger partial charge in [-0.05, 0) is 45.8 Å². The Balaban J connectivity index is 2.31. The monoisotopic (exact) mass is 350 g/mol. The number of hydrogen-bond donors (Lipinski definition) is 0. The molecule has 0 aliphatic heterocycles. The molecule has 0 amide bonds. The molecule has 1 atom stereocenters. The first-order valence-electron chi connectivity index (χ1n) is 4.84. The van der Waals surface area contributed by atoms with Crippen LogP contribution in [0.25, 0.3) is 0 Å². The number of hydrogen-bond acceptors (Lipinski definition) is 2. The zero-order chi connectivity index (χ0) is 12.4. The summed E-state index contributed by atoms with van der Waals surface area (Å²) in [5.74, 6) is 0.793. The minimum absolute atomic E-state index is 0.185. The molecule has 0 spiro atoms. The summed E-state index contributed by atoms with van der Waals surface area (Å²) in [5.41, 5.74) is 1.01. The van der Waals surface area contributed by atoms with E-state index in [0.717, 1.165) is 25.0 Å². The number of halogens is 3. The van der Waals surface area contributed by atoms with E-state index in [4.69, 9.17) is 27.9 Å². The van der Waals surface area contributed by atoms with E-state index >= 15 is 0 Å². The van der Waals surface area contributed by atoms with E-state index in [1.165, 1.54) is 11.3 Å². The largest absolute Gasteiger partial charge is 0.496 e. The van der Waals surface area contributed by atoms with Gasteiger partial charge in [-0.2, -0.15) is 0 Å². The molecule has 0 N–H and O–H groups in total. The van der Waals surface area contributed by atoms with Crippen molar-refractivity contribution in [3.63, 3.8) is 0 Å². The number of ether oxygens (including phenoxy) is 1. The van der Waals surface area contributed by atoms with Gasteiger partial charge in [-0.3, -0.25) is 0 Å². The second kappa shape index (κ2) is 5.61. The van der Waals surface area contributed by atoms with Crippen LogP contribution in [0.4, 0.5) is 0 Å². The Bertz CT molecular complexity index is 527.